The average Bonchev–Trinajstić information content (AvgIpc) is 2.73. The van der Waals surface area contributed by atoms with Gasteiger partial charge in [-0.2, -0.15) is 0 Å². The number of rotatable bonds is 7. The van der Waals surface area contributed by atoms with Crippen LogP contribution in [0.15, 0.2) is 82.6 Å². The highest BCUT2D eigenvalue weighted by Crippen LogP contribution is 2.24. The largest absolute Gasteiger partial charge is 0.346 e. The first-order valence-corrected chi connectivity index (χ1v) is 12.0. The number of nitrogens with two attached hydrogens (primary N) is 1. The molecular formula is C22H21ClN2O3S2. The molecule has 3 aromatic carbocycles. The van der Waals surface area contributed by atoms with E-state index in [1.807, 2.05) is 43.3 Å². The van der Waals surface area contributed by atoms with E-state index in [2.05, 4.69) is 5.32 Å². The first-order chi connectivity index (χ1) is 14.2. The van der Waals surface area contributed by atoms with E-state index in [0.717, 1.165) is 21.8 Å². The number of amides is 1. The zero-order valence-corrected chi connectivity index (χ0v) is 18.6. The van der Waals surface area contributed by atoms with Gasteiger partial charge in [0.25, 0.3) is 5.91 Å². The van der Waals surface area contributed by atoms with Gasteiger partial charge < -0.3 is 5.32 Å². The van der Waals surface area contributed by atoms with Crippen LogP contribution in [0.2, 0.25) is 5.02 Å². The number of carbonyl (C=O) groups excluding carboxylic acids is 1. The monoisotopic (exact) mass is 460 g/mol. The molecule has 0 aromatic heterocycles. The van der Waals surface area contributed by atoms with Crippen molar-refractivity contribution in [3.05, 3.63) is 94.5 Å². The Hall–Kier alpha value is -2.32. The molecule has 156 valence electrons. The van der Waals surface area contributed by atoms with Crippen LogP contribution in [0.5, 0.6) is 0 Å². The van der Waals surface area contributed by atoms with E-state index in [1.54, 1.807) is 36.0 Å². The molecule has 3 aromatic rings. The van der Waals surface area contributed by atoms with Crippen molar-refractivity contribution in [1.82, 2.24) is 5.32 Å². The highest BCUT2D eigenvalue weighted by atomic mass is 35.5. The maximum atomic E-state index is 12.5. The van der Waals surface area contributed by atoms with Crippen LogP contribution in [-0.2, 0) is 15.8 Å². The van der Waals surface area contributed by atoms with Gasteiger partial charge in [-0.1, -0.05) is 35.9 Å². The molecule has 0 aliphatic heterocycles. The van der Waals surface area contributed by atoms with Gasteiger partial charge in [0, 0.05) is 21.2 Å². The number of primary sulfonamides is 1. The Labute approximate surface area is 185 Å². The van der Waals surface area contributed by atoms with Crippen LogP contribution in [0.3, 0.4) is 0 Å². The van der Waals surface area contributed by atoms with E-state index in [1.165, 1.54) is 12.1 Å². The molecule has 0 fully saturated rings. The summed E-state index contributed by atoms with van der Waals surface area (Å²) in [7, 11) is -3.73. The minimum Gasteiger partial charge on any atom is -0.346 e. The van der Waals surface area contributed by atoms with Crippen molar-refractivity contribution in [2.24, 2.45) is 5.14 Å². The maximum absolute atomic E-state index is 12.5. The molecule has 0 aliphatic carbocycles. The third kappa shape index (κ3) is 6.09. The van der Waals surface area contributed by atoms with Crippen molar-refractivity contribution in [2.45, 2.75) is 28.5 Å². The van der Waals surface area contributed by atoms with Gasteiger partial charge in [-0.05, 0) is 66.6 Å². The van der Waals surface area contributed by atoms with Crippen molar-refractivity contribution < 1.29 is 13.2 Å². The summed E-state index contributed by atoms with van der Waals surface area (Å²) < 4.78 is 22.7. The van der Waals surface area contributed by atoms with Gasteiger partial charge in [-0.3, -0.25) is 4.79 Å². The van der Waals surface area contributed by atoms with E-state index in [9.17, 15) is 13.2 Å². The lowest BCUT2D eigenvalue weighted by Gasteiger charge is -2.15. The fourth-order valence-electron chi connectivity index (χ4n) is 2.76. The zero-order valence-electron chi connectivity index (χ0n) is 16.2. The molecule has 0 heterocycles. The van der Waals surface area contributed by atoms with Crippen molar-refractivity contribution >= 4 is 39.3 Å². The Morgan fingerprint density at radius 3 is 2.17 bits per heavy atom. The molecule has 0 saturated carbocycles. The van der Waals surface area contributed by atoms with Gasteiger partial charge in [0.05, 0.1) is 10.9 Å². The molecule has 5 nitrogen and oxygen atoms in total. The number of hydrogen-bond acceptors (Lipinski definition) is 4. The number of sulfonamides is 1. The van der Waals surface area contributed by atoms with E-state index in [4.69, 9.17) is 16.7 Å². The summed E-state index contributed by atoms with van der Waals surface area (Å²) in [4.78, 5) is 13.7. The number of hydrogen-bond donors (Lipinski definition) is 2. The Morgan fingerprint density at radius 2 is 1.60 bits per heavy atom. The first kappa shape index (κ1) is 22.4. The van der Waals surface area contributed by atoms with Crippen molar-refractivity contribution in [3.8, 4) is 0 Å². The van der Waals surface area contributed by atoms with E-state index >= 15 is 0 Å². The Morgan fingerprint density at radius 1 is 1.00 bits per heavy atom. The van der Waals surface area contributed by atoms with E-state index < -0.39 is 10.0 Å². The zero-order chi connectivity index (χ0) is 21.7. The average molecular weight is 461 g/mol. The summed E-state index contributed by atoms with van der Waals surface area (Å²) in [6.07, 6.45) is 0. The topological polar surface area (TPSA) is 89.3 Å². The highest BCUT2D eigenvalue weighted by molar-refractivity contribution is 7.98. The fraction of sp³-hybridized carbons (Fsp3) is 0.136. The molecule has 0 spiro atoms. The Balaban J connectivity index is 1.58. The molecule has 1 atom stereocenters. The van der Waals surface area contributed by atoms with Gasteiger partial charge in [0.1, 0.15) is 0 Å². The lowest BCUT2D eigenvalue weighted by atomic mass is 10.1. The van der Waals surface area contributed by atoms with Crippen LogP contribution in [0, 0.1) is 0 Å². The third-order valence-corrected chi connectivity index (χ3v) is 6.76. The minimum absolute atomic E-state index is 0.0387. The Bertz CT molecular complexity index is 1110. The molecule has 1 amide bonds. The Kier molecular flexibility index (Phi) is 7.20. The number of benzene rings is 3. The van der Waals surface area contributed by atoms with Crippen LogP contribution in [0.1, 0.15) is 34.5 Å². The summed E-state index contributed by atoms with van der Waals surface area (Å²) >= 11 is 7.60. The SMILES string of the molecule is C[C@H](NC(=O)c1ccc(CSc2ccc(Cl)cc2)cc1)c1ccc(S(N)(=O)=O)cc1. The number of thioether (sulfide) groups is 1. The van der Waals surface area contributed by atoms with Crippen LogP contribution < -0.4 is 10.5 Å². The maximum Gasteiger partial charge on any atom is 0.251 e. The molecule has 3 rings (SSSR count). The van der Waals surface area contributed by atoms with E-state index in [0.29, 0.717) is 10.6 Å². The lowest BCUT2D eigenvalue weighted by molar-refractivity contribution is 0.0940. The van der Waals surface area contributed by atoms with Gasteiger partial charge in [0.15, 0.2) is 0 Å². The highest BCUT2D eigenvalue weighted by Gasteiger charge is 2.13. The van der Waals surface area contributed by atoms with Gasteiger partial charge in [-0.25, -0.2) is 13.6 Å². The van der Waals surface area contributed by atoms with Crippen LogP contribution in [0.25, 0.3) is 0 Å². The lowest BCUT2D eigenvalue weighted by Crippen LogP contribution is -2.26. The second kappa shape index (κ2) is 9.66. The predicted octanol–water partition coefficient (Wildman–Crippen LogP) is 4.77. The second-order valence-corrected chi connectivity index (χ2v) is 9.80. The van der Waals surface area contributed by atoms with Crippen molar-refractivity contribution in [1.29, 1.82) is 0 Å². The molecule has 0 unspecified atom stereocenters. The summed E-state index contributed by atoms with van der Waals surface area (Å²) in [6.45, 7) is 1.83. The second-order valence-electron chi connectivity index (χ2n) is 6.75. The molecule has 30 heavy (non-hydrogen) atoms. The van der Waals surface area contributed by atoms with Crippen molar-refractivity contribution in [3.63, 3.8) is 0 Å². The summed E-state index contributed by atoms with van der Waals surface area (Å²) in [6, 6.07) is 21.0. The molecule has 0 aliphatic rings. The number of nitrogens with one attached hydrogen (secondary N) is 1. The van der Waals surface area contributed by atoms with Gasteiger partial charge in [-0.15, -0.1) is 11.8 Å². The van der Waals surface area contributed by atoms with Gasteiger partial charge in [0.2, 0.25) is 10.0 Å². The number of carbonyl (C=O) groups is 1. The normalized spacial score (nSPS) is 12.4. The fourth-order valence-corrected chi connectivity index (χ4v) is 4.26. The molecule has 3 N–H and O–H groups in total. The quantitative estimate of drug-likeness (QED) is 0.497. The summed E-state index contributed by atoms with van der Waals surface area (Å²) in [5.41, 5.74) is 2.45. The summed E-state index contributed by atoms with van der Waals surface area (Å²) in [5, 5.41) is 8.74. The van der Waals surface area contributed by atoms with E-state index in [-0.39, 0.29) is 16.8 Å². The smallest absolute Gasteiger partial charge is 0.251 e. The minimum atomic E-state index is -3.73. The third-order valence-electron chi connectivity index (χ3n) is 4.49. The van der Waals surface area contributed by atoms with Crippen LogP contribution in [-0.4, -0.2) is 14.3 Å². The molecule has 0 radical (unpaired) electrons. The molecular weight excluding hydrogens is 440 g/mol. The predicted molar refractivity (Wildman–Crippen MR) is 121 cm³/mol. The number of halogens is 1. The van der Waals surface area contributed by atoms with Crippen molar-refractivity contribution in [2.75, 3.05) is 0 Å². The van der Waals surface area contributed by atoms with Crippen LogP contribution in [0.4, 0.5) is 0 Å². The molecule has 0 saturated heterocycles. The standard InChI is InChI=1S/C22H21ClN2O3S2/c1-15(17-6-12-21(13-7-17)30(24,27)28)25-22(26)18-4-2-16(3-5-18)14-29-20-10-8-19(23)9-11-20/h2-13,15H,14H2,1H3,(H,25,26)(H2,24,27,28)/t15-/m0/s1. The molecule has 8 heteroatoms. The molecule has 0 bridgehead atoms. The van der Waals surface area contributed by atoms with Gasteiger partial charge >= 0.3 is 0 Å². The first-order valence-electron chi connectivity index (χ1n) is 9.13. The van der Waals surface area contributed by atoms with Crippen LogP contribution >= 0.6 is 23.4 Å². The summed E-state index contributed by atoms with van der Waals surface area (Å²) in [5.74, 6) is 0.589.